The van der Waals surface area contributed by atoms with E-state index in [1.807, 2.05) is 19.9 Å². The van der Waals surface area contributed by atoms with E-state index in [2.05, 4.69) is 0 Å². The van der Waals surface area contributed by atoms with Gasteiger partial charge in [-0.3, -0.25) is 9.59 Å². The van der Waals surface area contributed by atoms with Gasteiger partial charge in [-0.05, 0) is 26.0 Å². The van der Waals surface area contributed by atoms with E-state index in [0.717, 1.165) is 0 Å². The molecule has 0 radical (unpaired) electrons. The molecule has 1 amide bonds. The molecule has 1 unspecified atom stereocenters. The second kappa shape index (κ2) is 6.41. The highest BCUT2D eigenvalue weighted by Crippen LogP contribution is 2.28. The third-order valence-electron chi connectivity index (χ3n) is 3.29. The first kappa shape index (κ1) is 14.4. The molecule has 2 rings (SSSR count). The molecule has 1 fully saturated rings. The van der Waals surface area contributed by atoms with Crippen molar-refractivity contribution in [2.75, 3.05) is 19.7 Å². The number of rotatable bonds is 5. The van der Waals surface area contributed by atoms with Gasteiger partial charge in [0.2, 0.25) is 5.91 Å². The second-order valence-corrected chi connectivity index (χ2v) is 4.63. The lowest BCUT2D eigenvalue weighted by atomic mass is 10.1. The Hall–Kier alpha value is -2.04. The summed E-state index contributed by atoms with van der Waals surface area (Å²) >= 11 is 0. The zero-order chi connectivity index (χ0) is 14.5. The van der Waals surface area contributed by atoms with Crippen LogP contribution in [0, 0.1) is 5.92 Å². The lowest BCUT2D eigenvalue weighted by Gasteiger charge is -2.14. The predicted octanol–water partition coefficient (Wildman–Crippen LogP) is 1.86. The average molecular weight is 277 g/mol. The molecule has 1 atom stereocenters. The van der Waals surface area contributed by atoms with Crippen LogP contribution in [-0.2, 0) is 9.59 Å². The van der Waals surface area contributed by atoms with Crippen molar-refractivity contribution in [1.82, 2.24) is 4.90 Å². The SMILES string of the molecule is CCOc1ccccc1OC(=O)C1CC(=O)N(CC)C1. The average Bonchev–Trinajstić information content (AvgIpc) is 2.82. The Morgan fingerprint density at radius 3 is 2.60 bits per heavy atom. The van der Waals surface area contributed by atoms with Crippen LogP contribution in [-0.4, -0.2) is 36.5 Å². The van der Waals surface area contributed by atoms with Crippen molar-refractivity contribution >= 4 is 11.9 Å². The zero-order valence-corrected chi connectivity index (χ0v) is 11.8. The minimum atomic E-state index is -0.392. The Labute approximate surface area is 118 Å². The molecule has 1 aromatic rings. The molecule has 1 aliphatic rings. The van der Waals surface area contributed by atoms with Crippen LogP contribution in [0.15, 0.2) is 24.3 Å². The first-order valence-electron chi connectivity index (χ1n) is 6.87. The number of esters is 1. The Morgan fingerprint density at radius 1 is 1.30 bits per heavy atom. The molecule has 0 aliphatic carbocycles. The van der Waals surface area contributed by atoms with Crippen LogP contribution in [0.2, 0.25) is 0 Å². The zero-order valence-electron chi connectivity index (χ0n) is 11.8. The van der Waals surface area contributed by atoms with Crippen LogP contribution in [0.3, 0.4) is 0 Å². The number of hydrogen-bond acceptors (Lipinski definition) is 4. The fourth-order valence-electron chi connectivity index (χ4n) is 2.24. The molecular formula is C15H19NO4. The van der Waals surface area contributed by atoms with Crippen molar-refractivity contribution in [1.29, 1.82) is 0 Å². The number of hydrogen-bond donors (Lipinski definition) is 0. The van der Waals surface area contributed by atoms with Gasteiger partial charge < -0.3 is 14.4 Å². The summed E-state index contributed by atoms with van der Waals surface area (Å²) in [5.74, 6) is 0.188. The molecule has 0 aromatic heterocycles. The smallest absolute Gasteiger partial charge is 0.316 e. The number of nitrogens with zero attached hydrogens (tertiary/aromatic N) is 1. The molecule has 0 saturated carbocycles. The van der Waals surface area contributed by atoms with Gasteiger partial charge in [0.1, 0.15) is 0 Å². The van der Waals surface area contributed by atoms with E-state index in [1.165, 1.54) is 0 Å². The van der Waals surface area contributed by atoms with E-state index >= 15 is 0 Å². The Morgan fingerprint density at radius 2 is 2.00 bits per heavy atom. The van der Waals surface area contributed by atoms with Crippen LogP contribution in [0.5, 0.6) is 11.5 Å². The van der Waals surface area contributed by atoms with Gasteiger partial charge in [0.15, 0.2) is 11.5 Å². The molecule has 5 nitrogen and oxygen atoms in total. The van der Waals surface area contributed by atoms with E-state index < -0.39 is 5.92 Å². The summed E-state index contributed by atoms with van der Waals surface area (Å²) in [5.41, 5.74) is 0. The van der Waals surface area contributed by atoms with E-state index in [4.69, 9.17) is 9.47 Å². The van der Waals surface area contributed by atoms with Crippen molar-refractivity contribution in [3.63, 3.8) is 0 Å². The lowest BCUT2D eigenvalue weighted by molar-refractivity contribution is -0.139. The highest BCUT2D eigenvalue weighted by molar-refractivity contribution is 5.87. The summed E-state index contributed by atoms with van der Waals surface area (Å²) in [4.78, 5) is 25.4. The number of amides is 1. The topological polar surface area (TPSA) is 55.8 Å². The van der Waals surface area contributed by atoms with Crippen LogP contribution in [0.4, 0.5) is 0 Å². The highest BCUT2D eigenvalue weighted by atomic mass is 16.6. The van der Waals surface area contributed by atoms with E-state index in [9.17, 15) is 9.59 Å². The first-order chi connectivity index (χ1) is 9.65. The summed E-state index contributed by atoms with van der Waals surface area (Å²) in [6.45, 7) is 5.33. The lowest BCUT2D eigenvalue weighted by Crippen LogP contribution is -2.27. The minimum Gasteiger partial charge on any atom is -0.490 e. The normalized spacial score (nSPS) is 18.2. The molecule has 1 heterocycles. The number of ether oxygens (including phenoxy) is 2. The fraction of sp³-hybridized carbons (Fsp3) is 0.467. The van der Waals surface area contributed by atoms with Crippen molar-refractivity contribution in [2.24, 2.45) is 5.92 Å². The summed E-state index contributed by atoms with van der Waals surface area (Å²) in [7, 11) is 0. The largest absolute Gasteiger partial charge is 0.490 e. The second-order valence-electron chi connectivity index (χ2n) is 4.63. The minimum absolute atomic E-state index is 0.00698. The van der Waals surface area contributed by atoms with E-state index in [0.29, 0.717) is 31.2 Å². The highest BCUT2D eigenvalue weighted by Gasteiger charge is 2.35. The van der Waals surface area contributed by atoms with Crippen molar-refractivity contribution in [3.05, 3.63) is 24.3 Å². The number of carbonyl (C=O) groups excluding carboxylic acids is 2. The van der Waals surface area contributed by atoms with Gasteiger partial charge in [-0.25, -0.2) is 0 Å². The maximum Gasteiger partial charge on any atom is 0.316 e. The maximum absolute atomic E-state index is 12.1. The van der Waals surface area contributed by atoms with Crippen LogP contribution in [0.25, 0.3) is 0 Å². The molecule has 1 aliphatic heterocycles. The quantitative estimate of drug-likeness (QED) is 0.609. The summed E-state index contributed by atoms with van der Waals surface area (Å²) < 4.78 is 10.8. The van der Waals surface area contributed by atoms with Crippen LogP contribution < -0.4 is 9.47 Å². The fourth-order valence-corrected chi connectivity index (χ4v) is 2.24. The van der Waals surface area contributed by atoms with Gasteiger partial charge >= 0.3 is 5.97 Å². The van der Waals surface area contributed by atoms with Crippen molar-refractivity contribution in [3.8, 4) is 11.5 Å². The predicted molar refractivity (Wildman–Crippen MR) is 73.6 cm³/mol. The standard InChI is InChI=1S/C15H19NO4/c1-3-16-10-11(9-14(16)17)15(18)20-13-8-6-5-7-12(13)19-4-2/h5-8,11H,3-4,9-10H2,1-2H3. The Kier molecular flexibility index (Phi) is 4.61. The van der Waals surface area contributed by atoms with Gasteiger partial charge in [-0.15, -0.1) is 0 Å². The van der Waals surface area contributed by atoms with Gasteiger partial charge in [-0.2, -0.15) is 0 Å². The Balaban J connectivity index is 2.03. The monoisotopic (exact) mass is 277 g/mol. The van der Waals surface area contributed by atoms with E-state index in [1.54, 1.807) is 23.1 Å². The van der Waals surface area contributed by atoms with Gasteiger partial charge in [0.25, 0.3) is 0 Å². The molecule has 1 aromatic carbocycles. The van der Waals surface area contributed by atoms with Gasteiger partial charge in [-0.1, -0.05) is 12.1 Å². The summed E-state index contributed by atoms with van der Waals surface area (Å²) in [6, 6.07) is 7.05. The van der Waals surface area contributed by atoms with Gasteiger partial charge in [0, 0.05) is 19.5 Å². The maximum atomic E-state index is 12.1. The molecule has 108 valence electrons. The third-order valence-corrected chi connectivity index (χ3v) is 3.29. The number of para-hydroxylation sites is 2. The number of likely N-dealkylation sites (tertiary alicyclic amines) is 1. The van der Waals surface area contributed by atoms with Gasteiger partial charge in [0.05, 0.1) is 12.5 Å². The van der Waals surface area contributed by atoms with Crippen LogP contribution >= 0.6 is 0 Å². The molecule has 0 spiro atoms. The molecule has 1 saturated heterocycles. The number of benzene rings is 1. The molecular weight excluding hydrogens is 258 g/mol. The van der Waals surface area contributed by atoms with Crippen molar-refractivity contribution in [2.45, 2.75) is 20.3 Å². The van der Waals surface area contributed by atoms with E-state index in [-0.39, 0.29) is 18.3 Å². The Bertz CT molecular complexity index is 500. The third kappa shape index (κ3) is 3.10. The summed E-state index contributed by atoms with van der Waals surface area (Å²) in [6.07, 6.45) is 0.226. The van der Waals surface area contributed by atoms with Crippen LogP contribution in [0.1, 0.15) is 20.3 Å². The summed E-state index contributed by atoms with van der Waals surface area (Å²) in [5, 5.41) is 0. The molecule has 0 N–H and O–H groups in total. The van der Waals surface area contributed by atoms with Crippen molar-refractivity contribution < 1.29 is 19.1 Å². The first-order valence-corrected chi connectivity index (χ1v) is 6.87. The molecule has 0 bridgehead atoms. The number of carbonyl (C=O) groups is 2. The molecule has 5 heteroatoms. The molecule has 20 heavy (non-hydrogen) atoms.